The molecule has 0 saturated carbocycles. The van der Waals surface area contributed by atoms with Gasteiger partial charge in [-0.25, -0.2) is 8.42 Å². The summed E-state index contributed by atoms with van der Waals surface area (Å²) in [6.07, 6.45) is 0. The molecule has 2 aromatic carbocycles. The lowest BCUT2D eigenvalue weighted by Crippen LogP contribution is -2.16. The normalized spacial score (nSPS) is 11.5. The molecule has 21 heavy (non-hydrogen) atoms. The summed E-state index contributed by atoms with van der Waals surface area (Å²) in [6.45, 7) is 5.54. The van der Waals surface area contributed by atoms with Crippen LogP contribution < -0.4 is 4.72 Å². The molecule has 2 rings (SSSR count). The van der Waals surface area contributed by atoms with Gasteiger partial charge in [0.2, 0.25) is 0 Å². The van der Waals surface area contributed by atoms with E-state index >= 15 is 0 Å². The summed E-state index contributed by atoms with van der Waals surface area (Å²) in [4.78, 5) is 0.276. The van der Waals surface area contributed by atoms with Gasteiger partial charge >= 0.3 is 0 Å². The minimum atomic E-state index is -3.62. The third-order valence-electron chi connectivity index (χ3n) is 3.17. The highest BCUT2D eigenvalue weighted by Crippen LogP contribution is 2.29. The standard InChI is InChI=1S/C15H15Br2NO2S/c1-9-4-5-12(16)8-14(9)21(19,20)18-15-10(2)6-13(17)7-11(15)3/h4-8,18H,1-3H3. The van der Waals surface area contributed by atoms with E-state index in [1.54, 1.807) is 19.1 Å². The Labute approximate surface area is 142 Å². The quantitative estimate of drug-likeness (QED) is 0.746. The minimum Gasteiger partial charge on any atom is -0.279 e. The maximum atomic E-state index is 12.6. The predicted molar refractivity (Wildman–Crippen MR) is 93.3 cm³/mol. The fourth-order valence-electron chi connectivity index (χ4n) is 2.12. The van der Waals surface area contributed by atoms with E-state index in [2.05, 4.69) is 36.6 Å². The Balaban J connectivity index is 2.50. The molecule has 112 valence electrons. The first-order chi connectivity index (χ1) is 9.70. The summed E-state index contributed by atoms with van der Waals surface area (Å²) < 4.78 is 29.6. The molecule has 0 aromatic heterocycles. The summed E-state index contributed by atoms with van der Waals surface area (Å²) in [5, 5.41) is 0. The van der Waals surface area contributed by atoms with E-state index in [9.17, 15) is 8.42 Å². The Morgan fingerprint density at radius 1 is 0.857 bits per heavy atom. The van der Waals surface area contributed by atoms with E-state index in [-0.39, 0.29) is 4.90 Å². The van der Waals surface area contributed by atoms with Gasteiger partial charge < -0.3 is 0 Å². The van der Waals surface area contributed by atoms with Crippen molar-refractivity contribution in [1.82, 2.24) is 0 Å². The van der Waals surface area contributed by atoms with Crippen molar-refractivity contribution in [3.8, 4) is 0 Å². The van der Waals surface area contributed by atoms with Crippen LogP contribution in [0.1, 0.15) is 16.7 Å². The molecule has 0 atom stereocenters. The molecule has 0 aliphatic rings. The van der Waals surface area contributed by atoms with Crippen LogP contribution in [0.25, 0.3) is 0 Å². The van der Waals surface area contributed by atoms with Gasteiger partial charge in [-0.1, -0.05) is 37.9 Å². The van der Waals surface area contributed by atoms with Gasteiger partial charge in [-0.2, -0.15) is 0 Å². The second kappa shape index (κ2) is 6.10. The molecule has 0 amide bonds. The number of halogens is 2. The van der Waals surface area contributed by atoms with Crippen molar-refractivity contribution in [2.45, 2.75) is 25.7 Å². The van der Waals surface area contributed by atoms with Crippen LogP contribution in [0.3, 0.4) is 0 Å². The zero-order valence-electron chi connectivity index (χ0n) is 11.9. The van der Waals surface area contributed by atoms with Gasteiger partial charge in [0.15, 0.2) is 0 Å². The molecule has 1 N–H and O–H groups in total. The topological polar surface area (TPSA) is 46.2 Å². The van der Waals surface area contributed by atoms with Gasteiger partial charge in [-0.05, 0) is 61.7 Å². The number of hydrogen-bond acceptors (Lipinski definition) is 2. The van der Waals surface area contributed by atoms with Crippen molar-refractivity contribution < 1.29 is 8.42 Å². The average molecular weight is 433 g/mol. The largest absolute Gasteiger partial charge is 0.279 e. The number of anilines is 1. The lowest BCUT2D eigenvalue weighted by Gasteiger charge is -2.15. The first-order valence-electron chi connectivity index (χ1n) is 6.26. The highest BCUT2D eigenvalue weighted by Gasteiger charge is 2.19. The third-order valence-corrected chi connectivity index (χ3v) is 5.62. The molecule has 0 unspecified atom stereocenters. The molecule has 0 aliphatic heterocycles. The number of rotatable bonds is 3. The zero-order chi connectivity index (χ0) is 15.8. The first kappa shape index (κ1) is 16.5. The van der Waals surface area contributed by atoms with Crippen molar-refractivity contribution in [3.63, 3.8) is 0 Å². The Morgan fingerprint density at radius 3 is 2.00 bits per heavy atom. The zero-order valence-corrected chi connectivity index (χ0v) is 15.9. The Hall–Kier alpha value is -0.850. The summed E-state index contributed by atoms with van der Waals surface area (Å²) in [5.41, 5.74) is 3.08. The number of aryl methyl sites for hydroxylation is 3. The Kier molecular flexibility index (Phi) is 4.80. The lowest BCUT2D eigenvalue weighted by atomic mass is 10.1. The second-order valence-corrected chi connectivity index (χ2v) is 8.41. The van der Waals surface area contributed by atoms with E-state index in [0.29, 0.717) is 11.3 Å². The van der Waals surface area contributed by atoms with E-state index < -0.39 is 10.0 Å². The number of nitrogens with one attached hydrogen (secondary N) is 1. The molecular weight excluding hydrogens is 418 g/mol. The van der Waals surface area contributed by atoms with Gasteiger partial charge in [0.25, 0.3) is 10.0 Å². The van der Waals surface area contributed by atoms with Crippen LogP contribution in [0, 0.1) is 20.8 Å². The number of benzene rings is 2. The first-order valence-corrected chi connectivity index (χ1v) is 9.33. The highest BCUT2D eigenvalue weighted by molar-refractivity contribution is 9.10. The molecule has 0 saturated heterocycles. The van der Waals surface area contributed by atoms with Crippen LogP contribution in [-0.2, 0) is 10.0 Å². The molecule has 0 heterocycles. The Morgan fingerprint density at radius 2 is 1.43 bits per heavy atom. The van der Waals surface area contributed by atoms with Crippen molar-refractivity contribution in [2.24, 2.45) is 0 Å². The maximum absolute atomic E-state index is 12.6. The van der Waals surface area contributed by atoms with Gasteiger partial charge in [-0.3, -0.25) is 4.72 Å². The fraction of sp³-hybridized carbons (Fsp3) is 0.200. The van der Waals surface area contributed by atoms with Crippen LogP contribution in [0.2, 0.25) is 0 Å². The maximum Gasteiger partial charge on any atom is 0.262 e. The summed E-state index contributed by atoms with van der Waals surface area (Å²) in [6, 6.07) is 8.99. The molecule has 0 bridgehead atoms. The summed E-state index contributed by atoms with van der Waals surface area (Å²) in [5.74, 6) is 0. The molecular formula is C15H15Br2NO2S. The fourth-order valence-corrected chi connectivity index (χ4v) is 4.80. The van der Waals surface area contributed by atoms with Crippen LogP contribution in [0.4, 0.5) is 5.69 Å². The van der Waals surface area contributed by atoms with Crippen LogP contribution in [0.15, 0.2) is 44.2 Å². The van der Waals surface area contributed by atoms with E-state index in [4.69, 9.17) is 0 Å². The smallest absolute Gasteiger partial charge is 0.262 e. The van der Waals surface area contributed by atoms with Gasteiger partial charge in [0, 0.05) is 8.95 Å². The van der Waals surface area contributed by atoms with Crippen molar-refractivity contribution >= 4 is 47.6 Å². The second-order valence-electron chi connectivity index (χ2n) is 4.93. The van der Waals surface area contributed by atoms with Gasteiger partial charge in [-0.15, -0.1) is 0 Å². The summed E-state index contributed by atoms with van der Waals surface area (Å²) in [7, 11) is -3.62. The van der Waals surface area contributed by atoms with Crippen LogP contribution in [0.5, 0.6) is 0 Å². The van der Waals surface area contributed by atoms with Crippen molar-refractivity contribution in [1.29, 1.82) is 0 Å². The van der Waals surface area contributed by atoms with Crippen LogP contribution in [-0.4, -0.2) is 8.42 Å². The molecule has 6 heteroatoms. The van der Waals surface area contributed by atoms with E-state index in [1.165, 1.54) is 0 Å². The monoisotopic (exact) mass is 431 g/mol. The van der Waals surface area contributed by atoms with E-state index in [0.717, 1.165) is 20.1 Å². The number of sulfonamides is 1. The molecule has 2 aromatic rings. The lowest BCUT2D eigenvalue weighted by molar-refractivity contribution is 0.600. The Bertz CT molecular complexity index is 778. The minimum absolute atomic E-state index is 0.276. The average Bonchev–Trinajstić information content (AvgIpc) is 2.36. The molecule has 0 spiro atoms. The molecule has 0 aliphatic carbocycles. The van der Waals surface area contributed by atoms with Crippen molar-refractivity contribution in [3.05, 3.63) is 56.0 Å². The molecule has 0 fully saturated rings. The predicted octanol–water partition coefficient (Wildman–Crippen LogP) is 4.94. The SMILES string of the molecule is Cc1ccc(Br)cc1S(=O)(=O)Nc1c(C)cc(Br)cc1C. The third kappa shape index (κ3) is 3.67. The summed E-state index contributed by atoms with van der Waals surface area (Å²) >= 11 is 6.72. The van der Waals surface area contributed by atoms with Gasteiger partial charge in [0.1, 0.15) is 0 Å². The van der Waals surface area contributed by atoms with Gasteiger partial charge in [0.05, 0.1) is 10.6 Å². The highest BCUT2D eigenvalue weighted by atomic mass is 79.9. The van der Waals surface area contributed by atoms with Crippen molar-refractivity contribution in [2.75, 3.05) is 4.72 Å². The molecule has 0 radical (unpaired) electrons. The van der Waals surface area contributed by atoms with Crippen LogP contribution >= 0.6 is 31.9 Å². The number of hydrogen-bond donors (Lipinski definition) is 1. The van der Waals surface area contributed by atoms with E-state index in [1.807, 2.05) is 32.0 Å². The molecule has 3 nitrogen and oxygen atoms in total.